The largest absolute Gasteiger partial charge is 0.496 e. The van der Waals surface area contributed by atoms with Crippen LogP contribution in [0.25, 0.3) is 0 Å². The first-order valence-electron chi connectivity index (χ1n) is 10.8. The average molecular weight is 454 g/mol. The summed E-state index contributed by atoms with van der Waals surface area (Å²) in [6.45, 7) is 3.66. The summed E-state index contributed by atoms with van der Waals surface area (Å²) in [7, 11) is 1.53. The third kappa shape index (κ3) is 4.55. The van der Waals surface area contributed by atoms with Crippen LogP contribution in [0.5, 0.6) is 5.75 Å². The molecule has 10 heteroatoms. The van der Waals surface area contributed by atoms with Crippen LogP contribution in [0, 0.1) is 5.92 Å². The van der Waals surface area contributed by atoms with Crippen molar-refractivity contribution in [1.82, 2.24) is 15.1 Å². The van der Waals surface area contributed by atoms with Crippen LogP contribution in [0.3, 0.4) is 0 Å². The molecule has 2 atom stereocenters. The van der Waals surface area contributed by atoms with E-state index >= 15 is 0 Å². The van der Waals surface area contributed by atoms with Crippen LogP contribution >= 0.6 is 0 Å². The van der Waals surface area contributed by atoms with Crippen LogP contribution in [-0.4, -0.2) is 73.4 Å². The molecule has 2 aliphatic heterocycles. The molecule has 2 aromatic rings. The molecule has 2 amide bonds. The fourth-order valence-electron chi connectivity index (χ4n) is 4.04. The number of amides is 2. The Kier molecular flexibility index (Phi) is 6.62. The minimum Gasteiger partial charge on any atom is -0.496 e. The number of methoxy groups -OCH3 is 1. The topological polar surface area (TPSA) is 114 Å². The fourth-order valence-corrected chi connectivity index (χ4v) is 4.04. The smallest absolute Gasteiger partial charge is 0.321 e. The molecule has 1 fully saturated rings. The zero-order valence-electron chi connectivity index (χ0n) is 18.5. The van der Waals surface area contributed by atoms with E-state index in [1.165, 1.54) is 13.4 Å². The van der Waals surface area contributed by atoms with Gasteiger partial charge in [0.2, 0.25) is 11.9 Å². The van der Waals surface area contributed by atoms with Gasteiger partial charge in [-0.25, -0.2) is 4.99 Å². The number of esters is 1. The Morgan fingerprint density at radius 3 is 2.58 bits per heavy atom. The number of para-hydroxylation sites is 1. The molecule has 33 heavy (non-hydrogen) atoms. The summed E-state index contributed by atoms with van der Waals surface area (Å²) >= 11 is 0. The summed E-state index contributed by atoms with van der Waals surface area (Å²) in [5.41, 5.74) is 0.622. The number of nitrogens with one attached hydrogen (secondary N) is 1. The van der Waals surface area contributed by atoms with E-state index in [9.17, 15) is 14.4 Å². The predicted molar refractivity (Wildman–Crippen MR) is 118 cm³/mol. The van der Waals surface area contributed by atoms with Crippen molar-refractivity contribution in [3.63, 3.8) is 0 Å². The maximum Gasteiger partial charge on any atom is 0.321 e. The molecule has 174 valence electrons. The normalized spacial score (nSPS) is 20.7. The molecule has 4 rings (SSSR count). The lowest BCUT2D eigenvalue weighted by Gasteiger charge is -2.38. The molecule has 1 aromatic carbocycles. The first-order valence-corrected chi connectivity index (χ1v) is 10.8. The van der Waals surface area contributed by atoms with Crippen molar-refractivity contribution in [2.45, 2.75) is 13.0 Å². The van der Waals surface area contributed by atoms with E-state index in [0.717, 1.165) is 0 Å². The molecule has 0 saturated carbocycles. The number of furan rings is 1. The van der Waals surface area contributed by atoms with Crippen LogP contribution < -0.4 is 10.1 Å². The summed E-state index contributed by atoms with van der Waals surface area (Å²) in [6.07, 6.45) is 1.47. The van der Waals surface area contributed by atoms with Crippen LogP contribution in [0.2, 0.25) is 0 Å². The number of aliphatic imine (C=N–C) groups is 1. The maximum atomic E-state index is 13.0. The Bertz CT molecular complexity index is 1040. The molecule has 1 aromatic heterocycles. The van der Waals surface area contributed by atoms with E-state index in [1.54, 1.807) is 42.2 Å². The van der Waals surface area contributed by atoms with Crippen LogP contribution in [0.15, 0.2) is 52.1 Å². The van der Waals surface area contributed by atoms with Gasteiger partial charge in [-0.15, -0.1) is 0 Å². The second-order valence-electron chi connectivity index (χ2n) is 7.62. The fraction of sp³-hybridized carbons (Fsp3) is 0.391. The highest BCUT2D eigenvalue weighted by molar-refractivity contribution is 6.08. The Morgan fingerprint density at radius 1 is 1.15 bits per heavy atom. The highest BCUT2D eigenvalue weighted by atomic mass is 16.5. The van der Waals surface area contributed by atoms with E-state index in [1.807, 2.05) is 11.0 Å². The summed E-state index contributed by atoms with van der Waals surface area (Å²) in [5.74, 6) is -1.24. The number of guanidine groups is 1. The van der Waals surface area contributed by atoms with Gasteiger partial charge in [-0.1, -0.05) is 18.2 Å². The van der Waals surface area contributed by atoms with Crippen molar-refractivity contribution < 1.29 is 28.3 Å². The number of carbonyl (C=O) groups excluding carboxylic acids is 3. The molecule has 3 heterocycles. The molecule has 1 saturated heterocycles. The summed E-state index contributed by atoms with van der Waals surface area (Å²) < 4.78 is 15.8. The third-order valence-electron chi connectivity index (χ3n) is 5.69. The first-order chi connectivity index (χ1) is 16.0. The van der Waals surface area contributed by atoms with E-state index in [-0.39, 0.29) is 12.5 Å². The molecule has 0 bridgehead atoms. The van der Waals surface area contributed by atoms with Crippen LogP contribution in [-0.2, 0) is 14.3 Å². The van der Waals surface area contributed by atoms with Gasteiger partial charge in [-0.2, -0.15) is 0 Å². The lowest BCUT2D eigenvalue weighted by atomic mass is 9.90. The summed E-state index contributed by atoms with van der Waals surface area (Å²) in [5, 5.41) is 2.76. The van der Waals surface area contributed by atoms with Crippen molar-refractivity contribution in [2.24, 2.45) is 10.9 Å². The Labute approximate surface area is 191 Å². The molecule has 0 unspecified atom stereocenters. The van der Waals surface area contributed by atoms with Gasteiger partial charge >= 0.3 is 5.97 Å². The number of benzene rings is 1. The first kappa shape index (κ1) is 22.4. The van der Waals surface area contributed by atoms with Crippen molar-refractivity contribution >= 4 is 23.7 Å². The number of hydrogen-bond acceptors (Lipinski definition) is 8. The van der Waals surface area contributed by atoms with Gasteiger partial charge in [0, 0.05) is 31.7 Å². The number of nitrogens with zero attached hydrogens (tertiary/aromatic N) is 3. The number of ether oxygens (including phenoxy) is 2. The highest BCUT2D eigenvalue weighted by Crippen LogP contribution is 2.36. The minimum atomic E-state index is -1.13. The summed E-state index contributed by atoms with van der Waals surface area (Å²) in [6, 6.07) is 9.67. The molecule has 10 nitrogen and oxygen atoms in total. The molecular formula is C23H26N4O6. The Hall–Kier alpha value is -3.82. The molecule has 2 aliphatic rings. The van der Waals surface area contributed by atoms with Gasteiger partial charge in [0.05, 0.1) is 20.0 Å². The van der Waals surface area contributed by atoms with E-state index in [4.69, 9.17) is 18.9 Å². The van der Waals surface area contributed by atoms with Gasteiger partial charge < -0.3 is 23.7 Å². The zero-order valence-corrected chi connectivity index (χ0v) is 18.5. The second kappa shape index (κ2) is 9.76. The zero-order chi connectivity index (χ0) is 23.4. The van der Waals surface area contributed by atoms with Crippen molar-refractivity contribution in [3.05, 3.63) is 54.0 Å². The number of rotatable bonds is 5. The molecular weight excluding hydrogens is 428 g/mol. The van der Waals surface area contributed by atoms with Crippen LogP contribution in [0.4, 0.5) is 0 Å². The van der Waals surface area contributed by atoms with Gasteiger partial charge in [0.15, 0.2) is 11.7 Å². The van der Waals surface area contributed by atoms with E-state index in [0.29, 0.717) is 49.2 Å². The monoisotopic (exact) mass is 454 g/mol. The second-order valence-corrected chi connectivity index (χ2v) is 7.62. The van der Waals surface area contributed by atoms with E-state index < -0.39 is 23.8 Å². The summed E-state index contributed by atoms with van der Waals surface area (Å²) in [4.78, 5) is 46.6. The van der Waals surface area contributed by atoms with Crippen molar-refractivity contribution in [1.29, 1.82) is 0 Å². The standard InChI is InChI=1S/C23H26N4O6/c1-3-32-22(30)18-19(15-7-4-5-8-16(15)31-2)24-23(25-20(18)28)27-12-10-26(11-13-27)21(29)17-9-6-14-33-17/h4-9,14,18-19H,3,10-13H2,1-2H3,(H,24,25,28)/t18-,19-/m1/s1. The number of carbonyl (C=O) groups is 3. The minimum absolute atomic E-state index is 0.156. The third-order valence-corrected chi connectivity index (χ3v) is 5.69. The van der Waals surface area contributed by atoms with Gasteiger partial charge in [0.25, 0.3) is 5.91 Å². The quantitative estimate of drug-likeness (QED) is 0.537. The highest BCUT2D eigenvalue weighted by Gasteiger charge is 2.43. The predicted octanol–water partition coefficient (Wildman–Crippen LogP) is 1.45. The van der Waals surface area contributed by atoms with E-state index in [2.05, 4.69) is 5.32 Å². The number of hydrogen-bond donors (Lipinski definition) is 1. The van der Waals surface area contributed by atoms with Gasteiger partial charge in [0.1, 0.15) is 11.8 Å². The van der Waals surface area contributed by atoms with Gasteiger partial charge in [-0.3, -0.25) is 19.7 Å². The van der Waals surface area contributed by atoms with Gasteiger partial charge in [-0.05, 0) is 25.1 Å². The van der Waals surface area contributed by atoms with Crippen LogP contribution in [0.1, 0.15) is 29.1 Å². The van der Waals surface area contributed by atoms with Crippen molar-refractivity contribution in [3.8, 4) is 5.75 Å². The van der Waals surface area contributed by atoms with Crippen molar-refractivity contribution in [2.75, 3.05) is 39.9 Å². The molecule has 0 aliphatic carbocycles. The SMILES string of the molecule is CCOC(=O)[C@H]1C(=O)NC(N2CCN(C(=O)c3ccco3)CC2)=N[C@@H]1c1ccccc1OC. The molecule has 0 spiro atoms. The Morgan fingerprint density at radius 2 is 1.91 bits per heavy atom. The lowest BCUT2D eigenvalue weighted by molar-refractivity contribution is -0.153. The lowest BCUT2D eigenvalue weighted by Crippen LogP contribution is -2.58. The number of piperazine rings is 1. The molecule has 0 radical (unpaired) electrons. The average Bonchev–Trinajstić information content (AvgIpc) is 3.38. The maximum absolute atomic E-state index is 13.0. The molecule has 1 N–H and O–H groups in total. The Balaban J connectivity index is 1.58.